The van der Waals surface area contributed by atoms with Crippen molar-refractivity contribution in [2.75, 3.05) is 5.32 Å². The van der Waals surface area contributed by atoms with Gasteiger partial charge in [-0.05, 0) is 45.1 Å². The SMILES string of the molecule is C/C=C/C(=O)Nc1ncnc(C23CCC(C=C2C)C3)n1. The number of carbonyl (C=O) groups is 1. The zero-order valence-electron chi connectivity index (χ0n) is 11.8. The molecule has 2 bridgehead atoms. The summed E-state index contributed by atoms with van der Waals surface area (Å²) in [4.78, 5) is 24.4. The first-order valence-corrected chi connectivity index (χ1v) is 6.96. The molecule has 1 aromatic rings. The lowest BCUT2D eigenvalue weighted by Gasteiger charge is -2.26. The number of anilines is 1. The first kappa shape index (κ1) is 13.0. The summed E-state index contributed by atoms with van der Waals surface area (Å²) in [5.74, 6) is 1.56. The molecule has 5 nitrogen and oxygen atoms in total. The van der Waals surface area contributed by atoms with Crippen LogP contribution in [0.25, 0.3) is 0 Å². The molecule has 0 radical (unpaired) electrons. The molecule has 0 aromatic carbocycles. The largest absolute Gasteiger partial charge is 0.291 e. The quantitative estimate of drug-likeness (QED) is 0.676. The first-order chi connectivity index (χ1) is 9.64. The molecule has 1 N–H and O–H groups in total. The fourth-order valence-corrected chi connectivity index (χ4v) is 3.37. The number of aromatic nitrogens is 3. The molecule has 1 heterocycles. The first-order valence-electron chi connectivity index (χ1n) is 6.96. The highest BCUT2D eigenvalue weighted by atomic mass is 16.1. The Kier molecular flexibility index (Phi) is 3.12. The van der Waals surface area contributed by atoms with Crippen molar-refractivity contribution in [3.05, 3.63) is 36.0 Å². The molecular weight excluding hydrogens is 252 g/mol. The van der Waals surface area contributed by atoms with Gasteiger partial charge in [0.25, 0.3) is 0 Å². The van der Waals surface area contributed by atoms with E-state index in [9.17, 15) is 4.79 Å². The molecule has 1 fully saturated rings. The number of hydrogen-bond acceptors (Lipinski definition) is 4. The van der Waals surface area contributed by atoms with Gasteiger partial charge in [0.1, 0.15) is 12.2 Å². The van der Waals surface area contributed by atoms with Crippen LogP contribution in [-0.4, -0.2) is 20.9 Å². The molecule has 20 heavy (non-hydrogen) atoms. The van der Waals surface area contributed by atoms with E-state index in [0.717, 1.165) is 18.7 Å². The van der Waals surface area contributed by atoms with Gasteiger partial charge >= 0.3 is 0 Å². The van der Waals surface area contributed by atoms with Crippen LogP contribution in [0, 0.1) is 5.92 Å². The van der Waals surface area contributed by atoms with E-state index in [1.54, 1.807) is 13.0 Å². The van der Waals surface area contributed by atoms with E-state index in [-0.39, 0.29) is 11.3 Å². The van der Waals surface area contributed by atoms with Gasteiger partial charge in [-0.2, -0.15) is 4.98 Å². The van der Waals surface area contributed by atoms with Crippen LogP contribution >= 0.6 is 0 Å². The molecule has 2 aliphatic carbocycles. The van der Waals surface area contributed by atoms with Gasteiger partial charge in [0.05, 0.1) is 5.41 Å². The lowest BCUT2D eigenvalue weighted by molar-refractivity contribution is -0.112. The molecular formula is C15H18N4O. The number of carbonyl (C=O) groups excluding carboxylic acids is 1. The van der Waals surface area contributed by atoms with Crippen molar-refractivity contribution in [2.24, 2.45) is 5.92 Å². The average Bonchev–Trinajstić information content (AvgIpc) is 2.97. The van der Waals surface area contributed by atoms with Crippen molar-refractivity contribution in [3.63, 3.8) is 0 Å². The summed E-state index contributed by atoms with van der Waals surface area (Å²) in [6.07, 6.45) is 10.3. The highest BCUT2D eigenvalue weighted by molar-refractivity contribution is 5.97. The summed E-state index contributed by atoms with van der Waals surface area (Å²) < 4.78 is 0. The number of nitrogens with one attached hydrogen (secondary N) is 1. The molecule has 0 spiro atoms. The number of amides is 1. The molecule has 1 aromatic heterocycles. The van der Waals surface area contributed by atoms with E-state index in [1.807, 2.05) is 0 Å². The third-order valence-electron chi connectivity index (χ3n) is 4.35. The molecule has 104 valence electrons. The normalized spacial score (nSPS) is 27.9. The second-order valence-corrected chi connectivity index (χ2v) is 5.56. The van der Waals surface area contributed by atoms with Crippen LogP contribution < -0.4 is 5.32 Å². The van der Waals surface area contributed by atoms with Crippen molar-refractivity contribution in [1.82, 2.24) is 15.0 Å². The van der Waals surface area contributed by atoms with Crippen molar-refractivity contribution < 1.29 is 4.79 Å². The molecule has 0 saturated heterocycles. The van der Waals surface area contributed by atoms with Crippen LogP contribution in [0.4, 0.5) is 5.95 Å². The van der Waals surface area contributed by atoms with E-state index in [1.165, 1.54) is 24.4 Å². The third-order valence-corrected chi connectivity index (χ3v) is 4.35. The Morgan fingerprint density at radius 1 is 1.50 bits per heavy atom. The summed E-state index contributed by atoms with van der Waals surface area (Å²) in [7, 11) is 0. The van der Waals surface area contributed by atoms with Gasteiger partial charge in [-0.25, -0.2) is 9.97 Å². The molecule has 2 unspecified atom stereocenters. The van der Waals surface area contributed by atoms with Crippen LogP contribution in [0.1, 0.15) is 38.9 Å². The van der Waals surface area contributed by atoms with Gasteiger partial charge in [0.15, 0.2) is 0 Å². The predicted molar refractivity (Wildman–Crippen MR) is 76.0 cm³/mol. The Hall–Kier alpha value is -2.04. The van der Waals surface area contributed by atoms with Crippen molar-refractivity contribution in [1.29, 1.82) is 0 Å². The Labute approximate surface area is 118 Å². The van der Waals surface area contributed by atoms with Gasteiger partial charge < -0.3 is 0 Å². The minimum absolute atomic E-state index is 0.0340. The molecule has 0 aliphatic heterocycles. The van der Waals surface area contributed by atoms with E-state index >= 15 is 0 Å². The number of fused-ring (bicyclic) bond motifs is 2. The maximum Gasteiger partial charge on any atom is 0.250 e. The highest BCUT2D eigenvalue weighted by Gasteiger charge is 2.48. The zero-order valence-corrected chi connectivity index (χ0v) is 11.8. The van der Waals surface area contributed by atoms with E-state index in [4.69, 9.17) is 0 Å². The summed E-state index contributed by atoms with van der Waals surface area (Å²) in [6.45, 7) is 3.95. The fourth-order valence-electron chi connectivity index (χ4n) is 3.37. The van der Waals surface area contributed by atoms with Crippen molar-refractivity contribution >= 4 is 11.9 Å². The lowest BCUT2D eigenvalue weighted by Crippen LogP contribution is -2.26. The standard InChI is InChI=1S/C15H18N4O/c1-3-4-12(20)18-14-17-9-16-13(19-14)15-6-5-11(8-15)7-10(15)2/h3-4,7,9,11H,5-6,8H2,1-2H3,(H,16,17,18,19,20)/b4-3+. The van der Waals surface area contributed by atoms with E-state index in [2.05, 4.69) is 33.3 Å². The van der Waals surface area contributed by atoms with Gasteiger partial charge in [-0.15, -0.1) is 0 Å². The number of allylic oxidation sites excluding steroid dienone is 3. The van der Waals surface area contributed by atoms with Gasteiger partial charge in [-0.3, -0.25) is 10.1 Å². The summed E-state index contributed by atoms with van der Waals surface area (Å²) >= 11 is 0. The minimum atomic E-state index is -0.217. The number of nitrogens with zero attached hydrogens (tertiary/aromatic N) is 3. The predicted octanol–water partition coefficient (Wildman–Crippen LogP) is 2.38. The fraction of sp³-hybridized carbons (Fsp3) is 0.467. The second kappa shape index (κ2) is 4.81. The van der Waals surface area contributed by atoms with Crippen LogP contribution in [0.5, 0.6) is 0 Å². The molecule has 1 saturated carbocycles. The Bertz CT molecular complexity index is 608. The van der Waals surface area contributed by atoms with Crippen LogP contribution in [0.15, 0.2) is 30.1 Å². The number of hydrogen-bond donors (Lipinski definition) is 1. The summed E-state index contributed by atoms with van der Waals surface area (Å²) in [5.41, 5.74) is 1.32. The second-order valence-electron chi connectivity index (χ2n) is 5.56. The molecule has 2 aliphatic rings. The maximum absolute atomic E-state index is 11.6. The van der Waals surface area contributed by atoms with Crippen LogP contribution in [-0.2, 0) is 10.2 Å². The Balaban J connectivity index is 1.89. The molecule has 2 atom stereocenters. The van der Waals surface area contributed by atoms with Gasteiger partial charge in [0, 0.05) is 0 Å². The summed E-state index contributed by atoms with van der Waals surface area (Å²) in [5, 5.41) is 2.67. The van der Waals surface area contributed by atoms with Gasteiger partial charge in [0.2, 0.25) is 11.9 Å². The van der Waals surface area contributed by atoms with E-state index < -0.39 is 0 Å². The molecule has 3 rings (SSSR count). The third kappa shape index (κ3) is 2.03. The lowest BCUT2D eigenvalue weighted by atomic mass is 9.80. The molecule has 1 amide bonds. The average molecular weight is 270 g/mol. The Morgan fingerprint density at radius 2 is 2.35 bits per heavy atom. The maximum atomic E-state index is 11.6. The minimum Gasteiger partial charge on any atom is -0.291 e. The highest BCUT2D eigenvalue weighted by Crippen LogP contribution is 2.53. The van der Waals surface area contributed by atoms with Crippen LogP contribution in [0.3, 0.4) is 0 Å². The molecule has 5 heteroatoms. The monoisotopic (exact) mass is 270 g/mol. The van der Waals surface area contributed by atoms with Crippen molar-refractivity contribution in [2.45, 2.75) is 38.5 Å². The zero-order chi connectivity index (χ0) is 14.2. The van der Waals surface area contributed by atoms with Gasteiger partial charge in [-0.1, -0.05) is 17.7 Å². The van der Waals surface area contributed by atoms with Crippen molar-refractivity contribution in [3.8, 4) is 0 Å². The van der Waals surface area contributed by atoms with E-state index in [0.29, 0.717) is 11.9 Å². The smallest absolute Gasteiger partial charge is 0.250 e. The topological polar surface area (TPSA) is 67.8 Å². The number of rotatable bonds is 3. The summed E-state index contributed by atoms with van der Waals surface area (Å²) in [6, 6.07) is 0. The van der Waals surface area contributed by atoms with Crippen LogP contribution in [0.2, 0.25) is 0 Å². The Morgan fingerprint density at radius 3 is 3.00 bits per heavy atom.